The molecule has 1 aromatic carbocycles. The van der Waals surface area contributed by atoms with Gasteiger partial charge in [0.1, 0.15) is 0 Å². The Hall–Kier alpha value is -2.24. The Labute approximate surface area is 86.3 Å². The normalized spacial score (nSPS) is 12.1. The van der Waals surface area contributed by atoms with Crippen molar-refractivity contribution in [1.29, 1.82) is 0 Å². The van der Waals surface area contributed by atoms with Crippen molar-refractivity contribution in [1.82, 2.24) is 14.8 Å². The van der Waals surface area contributed by atoms with E-state index in [0.717, 1.165) is 11.4 Å². The molecule has 3 N–H and O–H groups in total. The fraction of sp³-hybridized carbons (Fsp3) is 0.111. The quantitative estimate of drug-likeness (QED) is 0.645. The number of anilines is 3. The first kappa shape index (κ1) is 8.10. The van der Waals surface area contributed by atoms with Crippen LogP contribution in [0.5, 0.6) is 0 Å². The van der Waals surface area contributed by atoms with Crippen molar-refractivity contribution in [2.45, 2.75) is 0 Å². The lowest BCUT2D eigenvalue weighted by Gasteiger charge is -2.19. The van der Waals surface area contributed by atoms with E-state index in [1.165, 1.54) is 0 Å². The van der Waals surface area contributed by atoms with Gasteiger partial charge >= 0.3 is 0 Å². The summed E-state index contributed by atoms with van der Waals surface area (Å²) in [5.74, 6) is 1.27. The molecule has 0 saturated carbocycles. The van der Waals surface area contributed by atoms with Gasteiger partial charge < -0.3 is 5.32 Å². The first-order chi connectivity index (χ1) is 7.38. The maximum Gasteiger partial charge on any atom is 0.247 e. The highest BCUT2D eigenvalue weighted by molar-refractivity contribution is 5.68. The SMILES string of the molecule is CNc1nc2n(n1)-c1ccccc1NN2. The topological polar surface area (TPSA) is 66.8 Å². The van der Waals surface area contributed by atoms with Crippen LogP contribution in [0.25, 0.3) is 5.69 Å². The summed E-state index contributed by atoms with van der Waals surface area (Å²) in [6.45, 7) is 0. The van der Waals surface area contributed by atoms with E-state index in [4.69, 9.17) is 0 Å². The molecule has 0 fully saturated rings. The zero-order valence-electron chi connectivity index (χ0n) is 8.15. The van der Waals surface area contributed by atoms with Crippen molar-refractivity contribution in [3.63, 3.8) is 0 Å². The monoisotopic (exact) mass is 202 g/mol. The molecule has 76 valence electrons. The first-order valence-corrected chi connectivity index (χ1v) is 4.65. The highest BCUT2D eigenvalue weighted by Crippen LogP contribution is 2.26. The van der Waals surface area contributed by atoms with Crippen LogP contribution in [-0.4, -0.2) is 21.8 Å². The number of nitrogens with one attached hydrogen (secondary N) is 3. The van der Waals surface area contributed by atoms with Gasteiger partial charge in [-0.15, -0.1) is 5.10 Å². The van der Waals surface area contributed by atoms with Gasteiger partial charge in [-0.25, -0.2) is 0 Å². The molecule has 0 unspecified atom stereocenters. The van der Waals surface area contributed by atoms with Gasteiger partial charge in [-0.05, 0) is 12.1 Å². The summed E-state index contributed by atoms with van der Waals surface area (Å²) < 4.78 is 1.76. The van der Waals surface area contributed by atoms with E-state index in [1.807, 2.05) is 24.3 Å². The Balaban J connectivity index is 2.20. The van der Waals surface area contributed by atoms with Gasteiger partial charge in [0.2, 0.25) is 11.9 Å². The molecular formula is C9H10N6. The number of nitrogens with zero attached hydrogens (tertiary/aromatic N) is 3. The van der Waals surface area contributed by atoms with Crippen molar-refractivity contribution < 1.29 is 0 Å². The van der Waals surface area contributed by atoms with Crippen molar-refractivity contribution >= 4 is 17.6 Å². The lowest BCUT2D eigenvalue weighted by Crippen LogP contribution is -2.20. The van der Waals surface area contributed by atoms with Crippen LogP contribution in [0.15, 0.2) is 24.3 Å². The van der Waals surface area contributed by atoms with Gasteiger partial charge in [0.25, 0.3) is 0 Å². The van der Waals surface area contributed by atoms with E-state index in [9.17, 15) is 0 Å². The number of para-hydroxylation sites is 2. The molecule has 0 amide bonds. The fourth-order valence-corrected chi connectivity index (χ4v) is 1.55. The van der Waals surface area contributed by atoms with E-state index in [0.29, 0.717) is 11.9 Å². The Bertz CT molecular complexity index is 503. The number of fused-ring (bicyclic) bond motifs is 3. The van der Waals surface area contributed by atoms with E-state index in [-0.39, 0.29) is 0 Å². The molecule has 1 aliphatic rings. The zero-order chi connectivity index (χ0) is 10.3. The number of hydrogen-bond donors (Lipinski definition) is 3. The smallest absolute Gasteiger partial charge is 0.247 e. The molecule has 0 saturated heterocycles. The van der Waals surface area contributed by atoms with Crippen molar-refractivity contribution in [3.8, 4) is 5.69 Å². The molecule has 2 aromatic rings. The maximum atomic E-state index is 4.30. The zero-order valence-corrected chi connectivity index (χ0v) is 8.15. The third-order valence-electron chi connectivity index (χ3n) is 2.27. The Morgan fingerprint density at radius 3 is 3.00 bits per heavy atom. The van der Waals surface area contributed by atoms with Crippen LogP contribution in [0.4, 0.5) is 17.6 Å². The van der Waals surface area contributed by atoms with Crippen LogP contribution >= 0.6 is 0 Å². The molecule has 15 heavy (non-hydrogen) atoms. The van der Waals surface area contributed by atoms with Crippen LogP contribution in [0.2, 0.25) is 0 Å². The molecule has 0 atom stereocenters. The lowest BCUT2D eigenvalue weighted by molar-refractivity contribution is 0.872. The summed E-state index contributed by atoms with van der Waals surface area (Å²) in [5, 5.41) is 7.21. The summed E-state index contributed by atoms with van der Waals surface area (Å²) in [6, 6.07) is 7.90. The molecule has 2 heterocycles. The van der Waals surface area contributed by atoms with Crippen LogP contribution in [0, 0.1) is 0 Å². The molecule has 1 aliphatic heterocycles. The van der Waals surface area contributed by atoms with Crippen molar-refractivity contribution in [3.05, 3.63) is 24.3 Å². The van der Waals surface area contributed by atoms with Crippen molar-refractivity contribution in [2.24, 2.45) is 0 Å². The van der Waals surface area contributed by atoms with Gasteiger partial charge in [0.05, 0.1) is 11.4 Å². The van der Waals surface area contributed by atoms with Gasteiger partial charge in [-0.3, -0.25) is 10.9 Å². The highest BCUT2D eigenvalue weighted by atomic mass is 15.5. The number of hydrogen-bond acceptors (Lipinski definition) is 5. The summed E-state index contributed by atoms with van der Waals surface area (Å²) in [5.41, 5.74) is 8.00. The lowest BCUT2D eigenvalue weighted by atomic mass is 10.2. The third-order valence-corrected chi connectivity index (χ3v) is 2.27. The Morgan fingerprint density at radius 2 is 2.13 bits per heavy atom. The third kappa shape index (κ3) is 1.11. The summed E-state index contributed by atoms with van der Waals surface area (Å²) in [6.07, 6.45) is 0. The second-order valence-corrected chi connectivity index (χ2v) is 3.19. The van der Waals surface area contributed by atoms with E-state index < -0.39 is 0 Å². The molecule has 6 heteroatoms. The molecule has 6 nitrogen and oxygen atoms in total. The number of hydrazine groups is 1. The predicted octanol–water partition coefficient (Wildman–Crippen LogP) is 1.06. The molecule has 0 spiro atoms. The van der Waals surface area contributed by atoms with E-state index >= 15 is 0 Å². The highest BCUT2D eigenvalue weighted by Gasteiger charge is 2.17. The van der Waals surface area contributed by atoms with Crippen LogP contribution in [0.1, 0.15) is 0 Å². The molecule has 1 aromatic heterocycles. The summed E-state index contributed by atoms with van der Waals surface area (Å²) in [7, 11) is 1.79. The Kier molecular flexibility index (Phi) is 1.55. The molecule has 0 aliphatic carbocycles. The minimum atomic E-state index is 0.594. The predicted molar refractivity (Wildman–Crippen MR) is 58.2 cm³/mol. The molecule has 0 radical (unpaired) electrons. The van der Waals surface area contributed by atoms with Gasteiger partial charge in [0.15, 0.2) is 0 Å². The average molecular weight is 202 g/mol. The fourth-order valence-electron chi connectivity index (χ4n) is 1.55. The average Bonchev–Trinajstić information content (AvgIpc) is 2.72. The van der Waals surface area contributed by atoms with Gasteiger partial charge in [-0.1, -0.05) is 12.1 Å². The second-order valence-electron chi connectivity index (χ2n) is 3.19. The largest absolute Gasteiger partial charge is 0.356 e. The summed E-state index contributed by atoms with van der Waals surface area (Å²) >= 11 is 0. The first-order valence-electron chi connectivity index (χ1n) is 4.65. The maximum absolute atomic E-state index is 4.30. The molecule has 0 bridgehead atoms. The van der Waals surface area contributed by atoms with Crippen molar-refractivity contribution in [2.75, 3.05) is 23.2 Å². The van der Waals surface area contributed by atoms with Crippen LogP contribution in [0.3, 0.4) is 0 Å². The van der Waals surface area contributed by atoms with Crippen LogP contribution in [-0.2, 0) is 0 Å². The summed E-state index contributed by atoms with van der Waals surface area (Å²) in [4.78, 5) is 4.24. The van der Waals surface area contributed by atoms with Gasteiger partial charge in [0, 0.05) is 7.05 Å². The minimum Gasteiger partial charge on any atom is -0.356 e. The second kappa shape index (κ2) is 2.88. The number of aromatic nitrogens is 3. The number of rotatable bonds is 1. The number of benzene rings is 1. The van der Waals surface area contributed by atoms with E-state index in [2.05, 4.69) is 26.3 Å². The minimum absolute atomic E-state index is 0.594. The molecule has 3 rings (SSSR count). The van der Waals surface area contributed by atoms with Gasteiger partial charge in [-0.2, -0.15) is 9.67 Å². The van der Waals surface area contributed by atoms with Crippen LogP contribution < -0.4 is 16.2 Å². The Morgan fingerprint density at radius 1 is 1.27 bits per heavy atom. The standard InChI is InChI=1S/C9H10N6/c1-10-8-11-9-13-12-6-4-2-3-5-7(6)15(9)14-8/h2-5,12H,1H3,(H2,10,11,13,14). The van der Waals surface area contributed by atoms with E-state index in [1.54, 1.807) is 11.7 Å². The molecular weight excluding hydrogens is 192 g/mol.